The van der Waals surface area contributed by atoms with Crippen LogP contribution < -0.4 is 4.90 Å². The number of nitrogens with zero attached hydrogens (tertiary/aromatic N) is 2. The Morgan fingerprint density at radius 1 is 1.14 bits per heavy atom. The molecule has 29 heavy (non-hydrogen) atoms. The van der Waals surface area contributed by atoms with E-state index in [0.717, 1.165) is 22.4 Å². The summed E-state index contributed by atoms with van der Waals surface area (Å²) >= 11 is 1.36. The number of thiazole rings is 1. The molecule has 0 bridgehead atoms. The van der Waals surface area contributed by atoms with Gasteiger partial charge in [0.05, 0.1) is 11.3 Å². The largest absolute Gasteiger partial charge is 0.452 e. The maximum atomic E-state index is 12.7. The van der Waals surface area contributed by atoms with Gasteiger partial charge in [-0.15, -0.1) is 17.9 Å². The Kier molecular flexibility index (Phi) is 6.57. The van der Waals surface area contributed by atoms with Crippen LogP contribution in [0.15, 0.2) is 66.6 Å². The third-order valence-electron chi connectivity index (χ3n) is 4.19. The Morgan fingerprint density at radius 3 is 2.48 bits per heavy atom. The lowest BCUT2D eigenvalue weighted by Crippen LogP contribution is -2.34. The van der Waals surface area contributed by atoms with Crippen molar-refractivity contribution in [1.82, 2.24) is 4.98 Å². The minimum absolute atomic E-state index is 0.279. The zero-order valence-corrected chi connectivity index (χ0v) is 17.2. The fraction of sp³-hybridized carbons (Fsp3) is 0.174. The van der Waals surface area contributed by atoms with Crippen molar-refractivity contribution in [3.05, 3.63) is 83.3 Å². The number of amides is 1. The quantitative estimate of drug-likeness (QED) is 0.418. The second kappa shape index (κ2) is 9.30. The number of carbonyl (C=O) groups excluding carboxylic acids is 2. The third-order valence-corrected chi connectivity index (χ3v) is 5.05. The van der Waals surface area contributed by atoms with E-state index in [1.807, 2.05) is 55.6 Å². The normalized spacial score (nSPS) is 10.4. The van der Waals surface area contributed by atoms with Crippen molar-refractivity contribution >= 4 is 28.3 Å². The minimum atomic E-state index is -0.521. The molecular formula is C23H22N2O3S. The lowest BCUT2D eigenvalue weighted by Gasteiger charge is -2.18. The number of esters is 1. The van der Waals surface area contributed by atoms with E-state index in [9.17, 15) is 9.59 Å². The van der Waals surface area contributed by atoms with Gasteiger partial charge < -0.3 is 4.74 Å². The molecule has 0 aliphatic carbocycles. The Hall–Kier alpha value is -3.25. The lowest BCUT2D eigenvalue weighted by atomic mass is 10.1. The number of carbonyl (C=O) groups is 2. The third kappa shape index (κ3) is 5.18. The van der Waals surface area contributed by atoms with Crippen LogP contribution in [0.25, 0.3) is 11.3 Å². The molecule has 1 heterocycles. The zero-order valence-electron chi connectivity index (χ0n) is 16.4. The number of hydrogen-bond donors (Lipinski definition) is 0. The highest BCUT2D eigenvalue weighted by molar-refractivity contribution is 7.14. The number of aryl methyl sites for hydroxylation is 2. The molecule has 0 saturated carbocycles. The van der Waals surface area contributed by atoms with Crippen LogP contribution in [0, 0.1) is 13.8 Å². The van der Waals surface area contributed by atoms with Gasteiger partial charge in [-0.3, -0.25) is 9.69 Å². The summed E-state index contributed by atoms with van der Waals surface area (Å²) in [6, 6.07) is 15.2. The molecule has 0 aliphatic rings. The van der Waals surface area contributed by atoms with Gasteiger partial charge in [0.25, 0.3) is 5.91 Å². The molecule has 0 atom stereocenters. The number of anilines is 1. The molecule has 1 amide bonds. The molecule has 0 N–H and O–H groups in total. The van der Waals surface area contributed by atoms with E-state index in [1.165, 1.54) is 16.2 Å². The summed E-state index contributed by atoms with van der Waals surface area (Å²) < 4.78 is 5.25. The van der Waals surface area contributed by atoms with Gasteiger partial charge in [-0.2, -0.15) is 0 Å². The molecule has 0 spiro atoms. The first-order valence-electron chi connectivity index (χ1n) is 9.15. The average Bonchev–Trinajstić information content (AvgIpc) is 3.19. The van der Waals surface area contributed by atoms with Gasteiger partial charge in [-0.1, -0.05) is 53.6 Å². The summed E-state index contributed by atoms with van der Waals surface area (Å²) in [5, 5.41) is 2.44. The molecule has 5 nitrogen and oxygen atoms in total. The topological polar surface area (TPSA) is 59.5 Å². The highest BCUT2D eigenvalue weighted by Gasteiger charge is 2.20. The lowest BCUT2D eigenvalue weighted by molar-refractivity contribution is -0.121. The highest BCUT2D eigenvalue weighted by Crippen LogP contribution is 2.27. The Labute approximate surface area is 174 Å². The summed E-state index contributed by atoms with van der Waals surface area (Å²) in [7, 11) is 0. The van der Waals surface area contributed by atoms with Gasteiger partial charge in [0.15, 0.2) is 11.7 Å². The van der Waals surface area contributed by atoms with Gasteiger partial charge in [-0.25, -0.2) is 9.78 Å². The van der Waals surface area contributed by atoms with E-state index in [2.05, 4.69) is 11.6 Å². The van der Waals surface area contributed by atoms with Crippen LogP contribution >= 0.6 is 11.3 Å². The van der Waals surface area contributed by atoms with Crippen LogP contribution in [0.3, 0.4) is 0 Å². The maximum absolute atomic E-state index is 12.7. The molecule has 6 heteroatoms. The summed E-state index contributed by atoms with van der Waals surface area (Å²) in [5.74, 6) is -0.871. The molecule has 0 fully saturated rings. The van der Waals surface area contributed by atoms with Crippen LogP contribution in [-0.4, -0.2) is 30.0 Å². The van der Waals surface area contributed by atoms with E-state index in [-0.39, 0.29) is 19.1 Å². The maximum Gasteiger partial charge on any atom is 0.338 e. The molecule has 148 valence electrons. The van der Waals surface area contributed by atoms with Gasteiger partial charge in [0.2, 0.25) is 0 Å². The van der Waals surface area contributed by atoms with Gasteiger partial charge >= 0.3 is 5.97 Å². The minimum Gasteiger partial charge on any atom is -0.452 e. The van der Waals surface area contributed by atoms with Crippen molar-refractivity contribution in [2.75, 3.05) is 18.1 Å². The van der Waals surface area contributed by atoms with Crippen molar-refractivity contribution < 1.29 is 14.3 Å². The predicted molar refractivity (Wildman–Crippen MR) is 116 cm³/mol. The molecular weight excluding hydrogens is 384 g/mol. The standard InChI is InChI=1S/C23H22N2O3S/c1-4-10-25(23-24-20(15-29-23)18-8-6-5-7-9-18)21(26)14-28-22(27)19-12-16(2)11-17(3)13-19/h4-9,11-13,15H,1,10,14H2,2-3H3. The van der Waals surface area contributed by atoms with E-state index < -0.39 is 5.97 Å². The molecule has 1 aromatic heterocycles. The van der Waals surface area contributed by atoms with Crippen molar-refractivity contribution in [3.8, 4) is 11.3 Å². The zero-order chi connectivity index (χ0) is 20.8. The second-order valence-electron chi connectivity index (χ2n) is 6.63. The summed E-state index contributed by atoms with van der Waals surface area (Å²) in [5.41, 5.74) is 4.13. The van der Waals surface area contributed by atoms with Crippen molar-refractivity contribution in [1.29, 1.82) is 0 Å². The average molecular weight is 407 g/mol. The van der Waals surface area contributed by atoms with Gasteiger partial charge in [0, 0.05) is 17.5 Å². The van der Waals surface area contributed by atoms with Gasteiger partial charge in [0.1, 0.15) is 0 Å². The summed E-state index contributed by atoms with van der Waals surface area (Å²) in [4.78, 5) is 31.1. The molecule has 3 aromatic rings. The highest BCUT2D eigenvalue weighted by atomic mass is 32.1. The number of ether oxygens (including phenoxy) is 1. The summed E-state index contributed by atoms with van der Waals surface area (Å²) in [6.45, 7) is 7.45. The fourth-order valence-electron chi connectivity index (χ4n) is 2.93. The van der Waals surface area contributed by atoms with Crippen molar-refractivity contribution in [3.63, 3.8) is 0 Å². The number of benzene rings is 2. The SMILES string of the molecule is C=CCN(C(=O)COC(=O)c1cc(C)cc(C)c1)c1nc(-c2ccccc2)cs1. The summed E-state index contributed by atoms with van der Waals surface area (Å²) in [6.07, 6.45) is 1.62. The smallest absolute Gasteiger partial charge is 0.338 e. The van der Waals surface area contributed by atoms with Crippen LogP contribution in [0.4, 0.5) is 5.13 Å². The van der Waals surface area contributed by atoms with E-state index in [0.29, 0.717) is 10.7 Å². The van der Waals surface area contributed by atoms with Crippen LogP contribution in [-0.2, 0) is 9.53 Å². The molecule has 0 unspecified atom stereocenters. The molecule has 2 aromatic carbocycles. The number of hydrogen-bond acceptors (Lipinski definition) is 5. The van der Waals surface area contributed by atoms with E-state index >= 15 is 0 Å². The number of rotatable bonds is 7. The molecule has 0 radical (unpaired) electrons. The Bertz CT molecular complexity index is 1010. The van der Waals surface area contributed by atoms with E-state index in [4.69, 9.17) is 4.74 Å². The van der Waals surface area contributed by atoms with Crippen molar-refractivity contribution in [2.24, 2.45) is 0 Å². The van der Waals surface area contributed by atoms with Crippen LogP contribution in [0.5, 0.6) is 0 Å². The van der Waals surface area contributed by atoms with Crippen LogP contribution in [0.2, 0.25) is 0 Å². The molecule has 3 rings (SSSR count). The molecule has 0 saturated heterocycles. The fourth-order valence-corrected chi connectivity index (χ4v) is 3.79. The second-order valence-corrected chi connectivity index (χ2v) is 7.46. The first-order valence-corrected chi connectivity index (χ1v) is 10.0. The monoisotopic (exact) mass is 406 g/mol. The molecule has 0 aliphatic heterocycles. The van der Waals surface area contributed by atoms with Gasteiger partial charge in [-0.05, 0) is 26.0 Å². The number of aromatic nitrogens is 1. The Morgan fingerprint density at radius 2 is 1.83 bits per heavy atom. The van der Waals surface area contributed by atoms with Crippen LogP contribution in [0.1, 0.15) is 21.5 Å². The Balaban J connectivity index is 1.70. The van der Waals surface area contributed by atoms with Crippen molar-refractivity contribution in [2.45, 2.75) is 13.8 Å². The predicted octanol–water partition coefficient (Wildman–Crippen LogP) is 4.80. The first kappa shape index (κ1) is 20.5. The van der Waals surface area contributed by atoms with E-state index in [1.54, 1.807) is 18.2 Å². The first-order chi connectivity index (χ1) is 14.0.